The third-order valence-corrected chi connectivity index (χ3v) is 3.75. The smallest absolute Gasteiger partial charge is 0.137 e. The van der Waals surface area contributed by atoms with E-state index in [4.69, 9.17) is 4.42 Å². The molecule has 2 nitrogen and oxygen atoms in total. The Balaban J connectivity index is 0.00000120. The minimum Gasteiger partial charge on any atom is -0.464 e. The second-order valence-electron chi connectivity index (χ2n) is 4.90. The molecular formula is C14H17ClFNO. The Labute approximate surface area is 112 Å². The number of hydrogen-bond acceptors (Lipinski definition) is 2. The molecule has 18 heavy (non-hydrogen) atoms. The number of halogens is 2. The first-order valence-electron chi connectivity index (χ1n) is 6.13. The number of hydrogen-bond donors (Lipinski definition) is 1. The molecule has 1 saturated heterocycles. The minimum atomic E-state index is -0.201. The number of fused-ring (bicyclic) bond motifs is 1. The van der Waals surface area contributed by atoms with Gasteiger partial charge in [0.1, 0.15) is 11.4 Å². The van der Waals surface area contributed by atoms with Gasteiger partial charge in [0.25, 0.3) is 0 Å². The Morgan fingerprint density at radius 3 is 3.00 bits per heavy atom. The highest BCUT2D eigenvalue weighted by molar-refractivity contribution is 5.85. The molecule has 0 amide bonds. The van der Waals surface area contributed by atoms with Gasteiger partial charge in [-0.2, -0.15) is 0 Å². The van der Waals surface area contributed by atoms with Crippen LogP contribution in [0.5, 0.6) is 0 Å². The van der Waals surface area contributed by atoms with E-state index in [2.05, 4.69) is 12.2 Å². The molecule has 0 bridgehead atoms. The second kappa shape index (κ2) is 5.29. The van der Waals surface area contributed by atoms with E-state index in [0.29, 0.717) is 17.4 Å². The van der Waals surface area contributed by atoms with E-state index in [1.165, 1.54) is 6.07 Å². The zero-order chi connectivity index (χ0) is 11.8. The van der Waals surface area contributed by atoms with Crippen LogP contribution in [0, 0.1) is 11.7 Å². The van der Waals surface area contributed by atoms with Crippen molar-refractivity contribution in [3.8, 4) is 0 Å². The summed E-state index contributed by atoms with van der Waals surface area (Å²) in [6.07, 6.45) is 2.70. The number of nitrogens with one attached hydrogen (secondary N) is 1. The SMILES string of the molecule is C[C@H]1CNCC[C@H]1c1cc(F)cc2occc12.Cl. The maximum atomic E-state index is 13.6. The van der Waals surface area contributed by atoms with Crippen molar-refractivity contribution in [2.45, 2.75) is 19.3 Å². The summed E-state index contributed by atoms with van der Waals surface area (Å²) in [5.74, 6) is 0.754. The van der Waals surface area contributed by atoms with Crippen molar-refractivity contribution in [2.24, 2.45) is 5.92 Å². The molecule has 0 unspecified atom stereocenters. The summed E-state index contributed by atoms with van der Waals surface area (Å²) in [5.41, 5.74) is 1.76. The van der Waals surface area contributed by atoms with Crippen molar-refractivity contribution < 1.29 is 8.81 Å². The fraction of sp³-hybridized carbons (Fsp3) is 0.429. The van der Waals surface area contributed by atoms with Gasteiger partial charge in [0.05, 0.1) is 6.26 Å². The molecule has 0 radical (unpaired) electrons. The van der Waals surface area contributed by atoms with Crippen LogP contribution < -0.4 is 5.32 Å². The maximum Gasteiger partial charge on any atom is 0.137 e. The zero-order valence-corrected chi connectivity index (χ0v) is 11.1. The van der Waals surface area contributed by atoms with E-state index in [0.717, 1.165) is 30.5 Å². The molecular weight excluding hydrogens is 253 g/mol. The highest BCUT2D eigenvalue weighted by Crippen LogP contribution is 2.35. The van der Waals surface area contributed by atoms with Gasteiger partial charge in [0.2, 0.25) is 0 Å². The highest BCUT2D eigenvalue weighted by Gasteiger charge is 2.25. The number of piperidine rings is 1. The van der Waals surface area contributed by atoms with Crippen LogP contribution in [0.2, 0.25) is 0 Å². The molecule has 2 atom stereocenters. The van der Waals surface area contributed by atoms with Crippen LogP contribution >= 0.6 is 12.4 Å². The molecule has 1 aromatic carbocycles. The van der Waals surface area contributed by atoms with Gasteiger partial charge in [0, 0.05) is 11.5 Å². The first-order chi connectivity index (χ1) is 8.25. The average molecular weight is 270 g/mol. The first-order valence-corrected chi connectivity index (χ1v) is 6.13. The lowest BCUT2D eigenvalue weighted by atomic mass is 9.81. The monoisotopic (exact) mass is 269 g/mol. The Kier molecular flexibility index (Phi) is 3.93. The van der Waals surface area contributed by atoms with E-state index < -0.39 is 0 Å². The van der Waals surface area contributed by atoms with Crippen LogP contribution in [0.4, 0.5) is 4.39 Å². The minimum absolute atomic E-state index is 0. The molecule has 1 fully saturated rings. The lowest BCUT2D eigenvalue weighted by molar-refractivity contribution is 0.350. The van der Waals surface area contributed by atoms with Crippen LogP contribution in [-0.2, 0) is 0 Å². The molecule has 3 rings (SSSR count). The van der Waals surface area contributed by atoms with Gasteiger partial charge >= 0.3 is 0 Å². The summed E-state index contributed by atoms with van der Waals surface area (Å²) < 4.78 is 18.9. The number of benzene rings is 1. The van der Waals surface area contributed by atoms with Crippen LogP contribution in [0.1, 0.15) is 24.8 Å². The van der Waals surface area contributed by atoms with Crippen molar-refractivity contribution in [1.82, 2.24) is 5.32 Å². The van der Waals surface area contributed by atoms with E-state index in [9.17, 15) is 4.39 Å². The molecule has 1 N–H and O–H groups in total. The summed E-state index contributed by atoms with van der Waals surface area (Å²) in [4.78, 5) is 0. The Morgan fingerprint density at radius 2 is 2.22 bits per heavy atom. The third-order valence-electron chi connectivity index (χ3n) is 3.75. The standard InChI is InChI=1S/C14H16FNO.ClH/c1-9-8-16-4-2-11(9)13-6-10(15)7-14-12(13)3-5-17-14;/h3,5-7,9,11,16H,2,4,8H2,1H3;1H/t9-,11+;/m0./s1. The van der Waals surface area contributed by atoms with Crippen LogP contribution in [0.3, 0.4) is 0 Å². The Bertz CT molecular complexity index is 540. The largest absolute Gasteiger partial charge is 0.464 e. The van der Waals surface area contributed by atoms with Gasteiger partial charge in [-0.15, -0.1) is 12.4 Å². The topological polar surface area (TPSA) is 25.2 Å². The van der Waals surface area contributed by atoms with E-state index in [1.54, 1.807) is 12.3 Å². The first kappa shape index (κ1) is 13.4. The molecule has 0 spiro atoms. The van der Waals surface area contributed by atoms with Crippen molar-refractivity contribution in [2.75, 3.05) is 13.1 Å². The van der Waals surface area contributed by atoms with Crippen LogP contribution in [0.15, 0.2) is 28.9 Å². The quantitative estimate of drug-likeness (QED) is 0.854. The molecule has 0 aliphatic carbocycles. The van der Waals surface area contributed by atoms with Crippen molar-refractivity contribution in [3.63, 3.8) is 0 Å². The van der Waals surface area contributed by atoms with Gasteiger partial charge in [-0.1, -0.05) is 6.92 Å². The lowest BCUT2D eigenvalue weighted by Gasteiger charge is -2.30. The molecule has 98 valence electrons. The van der Waals surface area contributed by atoms with Gasteiger partial charge in [0.15, 0.2) is 0 Å². The average Bonchev–Trinajstić information content (AvgIpc) is 2.76. The lowest BCUT2D eigenvalue weighted by Crippen LogP contribution is -2.33. The fourth-order valence-electron chi connectivity index (χ4n) is 2.85. The third kappa shape index (κ3) is 2.25. The van der Waals surface area contributed by atoms with Crippen molar-refractivity contribution in [1.29, 1.82) is 0 Å². The number of furan rings is 1. The molecule has 2 heterocycles. The van der Waals surface area contributed by atoms with Gasteiger partial charge in [-0.05, 0) is 49.0 Å². The summed E-state index contributed by atoms with van der Waals surface area (Å²) in [7, 11) is 0. The Hall–Kier alpha value is -1.06. The maximum absolute atomic E-state index is 13.6. The van der Waals surface area contributed by atoms with Gasteiger partial charge in [-0.25, -0.2) is 4.39 Å². The van der Waals surface area contributed by atoms with E-state index in [-0.39, 0.29) is 18.2 Å². The van der Waals surface area contributed by atoms with Gasteiger partial charge in [-0.3, -0.25) is 0 Å². The summed E-state index contributed by atoms with van der Waals surface area (Å²) in [6.45, 7) is 4.22. The molecule has 4 heteroatoms. The molecule has 1 aliphatic heterocycles. The molecule has 2 aromatic rings. The van der Waals surface area contributed by atoms with Gasteiger partial charge < -0.3 is 9.73 Å². The van der Waals surface area contributed by atoms with E-state index in [1.807, 2.05) is 6.07 Å². The van der Waals surface area contributed by atoms with E-state index >= 15 is 0 Å². The molecule has 1 aromatic heterocycles. The van der Waals surface area contributed by atoms with Crippen LogP contribution in [-0.4, -0.2) is 13.1 Å². The zero-order valence-electron chi connectivity index (χ0n) is 10.3. The second-order valence-corrected chi connectivity index (χ2v) is 4.90. The van der Waals surface area contributed by atoms with Crippen molar-refractivity contribution >= 4 is 23.4 Å². The summed E-state index contributed by atoms with van der Waals surface area (Å²) in [5, 5.41) is 4.43. The predicted molar refractivity (Wildman–Crippen MR) is 72.8 cm³/mol. The summed E-state index contributed by atoms with van der Waals surface area (Å²) in [6, 6.07) is 5.08. The van der Waals surface area contributed by atoms with Crippen molar-refractivity contribution in [3.05, 3.63) is 35.8 Å². The Morgan fingerprint density at radius 1 is 1.39 bits per heavy atom. The van der Waals surface area contributed by atoms with Crippen LogP contribution in [0.25, 0.3) is 11.0 Å². The highest BCUT2D eigenvalue weighted by atomic mass is 35.5. The fourth-order valence-corrected chi connectivity index (χ4v) is 2.85. The molecule has 0 saturated carbocycles. The number of rotatable bonds is 1. The molecule has 1 aliphatic rings. The summed E-state index contributed by atoms with van der Waals surface area (Å²) >= 11 is 0. The predicted octanol–water partition coefficient (Wildman–Crippen LogP) is 3.71. The normalized spacial score (nSPS) is 23.9.